The zero-order valence-corrected chi connectivity index (χ0v) is 11.7. The lowest BCUT2D eigenvalue weighted by Crippen LogP contribution is -2.36. The maximum Gasteiger partial charge on any atom is 0.241 e. The van der Waals surface area contributed by atoms with E-state index in [2.05, 4.69) is 35.6 Å². The van der Waals surface area contributed by atoms with E-state index in [1.807, 2.05) is 6.07 Å². The van der Waals surface area contributed by atoms with E-state index in [4.69, 9.17) is 0 Å². The molecule has 19 heavy (non-hydrogen) atoms. The molecule has 2 rings (SSSR count). The monoisotopic (exact) mass is 269 g/mol. The van der Waals surface area contributed by atoms with Crippen LogP contribution in [-0.4, -0.2) is 29.5 Å². The van der Waals surface area contributed by atoms with Crippen molar-refractivity contribution in [1.29, 1.82) is 0 Å². The number of aromatic nitrogens is 2. The van der Waals surface area contributed by atoms with Gasteiger partial charge < -0.3 is 4.90 Å². The van der Waals surface area contributed by atoms with Gasteiger partial charge in [-0.1, -0.05) is 20.8 Å². The van der Waals surface area contributed by atoms with Crippen molar-refractivity contribution in [3.8, 4) is 0 Å². The van der Waals surface area contributed by atoms with Crippen LogP contribution in [0.4, 0.5) is 14.6 Å². The fourth-order valence-corrected chi connectivity index (χ4v) is 2.27. The van der Waals surface area contributed by atoms with Crippen LogP contribution >= 0.6 is 0 Å². The molecule has 1 fully saturated rings. The number of hydrogen-bond acceptors (Lipinski definition) is 3. The van der Waals surface area contributed by atoms with E-state index in [-0.39, 0.29) is 5.41 Å². The predicted octanol–water partition coefficient (Wildman–Crippen LogP) is 3.26. The van der Waals surface area contributed by atoms with E-state index in [0.717, 1.165) is 11.6 Å². The maximum absolute atomic E-state index is 12.6. The third kappa shape index (κ3) is 3.39. The van der Waals surface area contributed by atoms with E-state index in [1.54, 1.807) is 6.20 Å². The highest BCUT2D eigenvalue weighted by atomic mass is 19.3. The molecule has 0 bridgehead atoms. The standard InChI is InChI=1S/C14H21F2N3/c1-14(2,3)13-17-7-4-11(18-13)19-8-5-10(6-9-19)12(15)16/h4,7,10,12H,5-6,8-9H2,1-3H3. The Morgan fingerprint density at radius 3 is 2.42 bits per heavy atom. The first-order valence-electron chi connectivity index (χ1n) is 6.74. The molecule has 106 valence electrons. The van der Waals surface area contributed by atoms with Crippen LogP contribution in [0.25, 0.3) is 0 Å². The molecule has 3 nitrogen and oxygen atoms in total. The largest absolute Gasteiger partial charge is 0.356 e. The first kappa shape index (κ1) is 14.2. The van der Waals surface area contributed by atoms with Gasteiger partial charge in [0.2, 0.25) is 6.43 Å². The van der Waals surface area contributed by atoms with Gasteiger partial charge in [0.1, 0.15) is 11.6 Å². The van der Waals surface area contributed by atoms with Gasteiger partial charge in [-0.15, -0.1) is 0 Å². The van der Waals surface area contributed by atoms with Gasteiger partial charge in [0.25, 0.3) is 0 Å². The molecule has 1 aromatic heterocycles. The first-order chi connectivity index (χ1) is 8.88. The molecule has 0 N–H and O–H groups in total. The number of piperidine rings is 1. The second kappa shape index (κ2) is 5.39. The summed E-state index contributed by atoms with van der Waals surface area (Å²) < 4.78 is 25.3. The second-order valence-corrected chi connectivity index (χ2v) is 6.15. The predicted molar refractivity (Wildman–Crippen MR) is 71.7 cm³/mol. The number of rotatable bonds is 2. The molecular formula is C14H21F2N3. The molecule has 1 aromatic rings. The molecule has 0 unspecified atom stereocenters. The van der Waals surface area contributed by atoms with Gasteiger partial charge in [0.05, 0.1) is 0 Å². The Kier molecular flexibility index (Phi) is 4.02. The number of halogens is 2. The highest BCUT2D eigenvalue weighted by molar-refractivity contribution is 5.38. The first-order valence-corrected chi connectivity index (χ1v) is 6.74. The molecule has 0 spiro atoms. The van der Waals surface area contributed by atoms with Crippen molar-refractivity contribution in [1.82, 2.24) is 9.97 Å². The number of hydrogen-bond donors (Lipinski definition) is 0. The fraction of sp³-hybridized carbons (Fsp3) is 0.714. The Morgan fingerprint density at radius 1 is 1.26 bits per heavy atom. The molecule has 0 atom stereocenters. The minimum absolute atomic E-state index is 0.0999. The van der Waals surface area contributed by atoms with Crippen LogP contribution in [0.3, 0.4) is 0 Å². The minimum atomic E-state index is -2.20. The lowest BCUT2D eigenvalue weighted by atomic mass is 9.95. The van der Waals surface area contributed by atoms with Crippen molar-refractivity contribution in [2.24, 2.45) is 5.92 Å². The number of alkyl halides is 2. The van der Waals surface area contributed by atoms with Gasteiger partial charge in [0, 0.05) is 30.6 Å². The lowest BCUT2D eigenvalue weighted by Gasteiger charge is -2.32. The third-order valence-electron chi connectivity index (χ3n) is 3.53. The Morgan fingerprint density at radius 2 is 1.89 bits per heavy atom. The van der Waals surface area contributed by atoms with E-state index >= 15 is 0 Å². The maximum atomic E-state index is 12.6. The van der Waals surface area contributed by atoms with Gasteiger partial charge in [-0.05, 0) is 18.9 Å². The van der Waals surface area contributed by atoms with Crippen molar-refractivity contribution in [3.05, 3.63) is 18.1 Å². The Hall–Kier alpha value is -1.26. The average Bonchev–Trinajstić information content (AvgIpc) is 2.38. The zero-order chi connectivity index (χ0) is 14.0. The quantitative estimate of drug-likeness (QED) is 0.825. The van der Waals surface area contributed by atoms with Crippen molar-refractivity contribution in [2.45, 2.75) is 45.5 Å². The molecule has 0 radical (unpaired) electrons. The summed E-state index contributed by atoms with van der Waals surface area (Å²) in [5, 5.41) is 0. The fourth-order valence-electron chi connectivity index (χ4n) is 2.27. The van der Waals surface area contributed by atoms with Crippen LogP contribution in [0.2, 0.25) is 0 Å². The molecule has 2 heterocycles. The minimum Gasteiger partial charge on any atom is -0.356 e. The Labute approximate surface area is 113 Å². The molecule has 1 saturated heterocycles. The summed E-state index contributed by atoms with van der Waals surface area (Å²) in [6.45, 7) is 7.49. The summed E-state index contributed by atoms with van der Waals surface area (Å²) in [6, 6.07) is 1.86. The molecule has 1 aliphatic rings. The van der Waals surface area contributed by atoms with Gasteiger partial charge in [-0.2, -0.15) is 0 Å². The number of anilines is 1. The van der Waals surface area contributed by atoms with Crippen molar-refractivity contribution in [3.63, 3.8) is 0 Å². The highest BCUT2D eigenvalue weighted by Gasteiger charge is 2.27. The molecule has 1 aliphatic heterocycles. The third-order valence-corrected chi connectivity index (χ3v) is 3.53. The summed E-state index contributed by atoms with van der Waals surface area (Å²) in [7, 11) is 0. The summed E-state index contributed by atoms with van der Waals surface area (Å²) in [4.78, 5) is 10.9. The molecule has 0 aromatic carbocycles. The second-order valence-electron chi connectivity index (χ2n) is 6.15. The number of nitrogens with zero attached hydrogens (tertiary/aromatic N) is 3. The lowest BCUT2D eigenvalue weighted by molar-refractivity contribution is 0.0635. The molecule has 0 amide bonds. The van der Waals surface area contributed by atoms with Gasteiger partial charge in [-0.25, -0.2) is 18.7 Å². The topological polar surface area (TPSA) is 29.0 Å². The smallest absolute Gasteiger partial charge is 0.241 e. The zero-order valence-electron chi connectivity index (χ0n) is 11.7. The summed E-state index contributed by atoms with van der Waals surface area (Å²) >= 11 is 0. The summed E-state index contributed by atoms with van der Waals surface area (Å²) in [5.41, 5.74) is -0.0999. The normalized spacial score (nSPS) is 18.1. The molecular weight excluding hydrogens is 248 g/mol. The molecule has 0 aliphatic carbocycles. The van der Waals surface area contributed by atoms with Crippen LogP contribution in [0.5, 0.6) is 0 Å². The molecule has 0 saturated carbocycles. The van der Waals surface area contributed by atoms with Gasteiger partial charge >= 0.3 is 0 Å². The van der Waals surface area contributed by atoms with Crippen molar-refractivity contribution < 1.29 is 8.78 Å². The highest BCUT2D eigenvalue weighted by Crippen LogP contribution is 2.27. The Bertz CT molecular complexity index is 421. The SMILES string of the molecule is CC(C)(C)c1nccc(N2CCC(C(F)F)CC2)n1. The van der Waals surface area contributed by atoms with Crippen LogP contribution in [0.1, 0.15) is 39.4 Å². The van der Waals surface area contributed by atoms with Gasteiger partial charge in [0.15, 0.2) is 0 Å². The van der Waals surface area contributed by atoms with Crippen molar-refractivity contribution >= 4 is 5.82 Å². The molecule has 5 heteroatoms. The Balaban J connectivity index is 2.08. The van der Waals surface area contributed by atoms with Crippen LogP contribution in [0.15, 0.2) is 12.3 Å². The van der Waals surface area contributed by atoms with Crippen LogP contribution in [-0.2, 0) is 5.41 Å². The van der Waals surface area contributed by atoms with E-state index in [9.17, 15) is 8.78 Å². The van der Waals surface area contributed by atoms with E-state index in [1.165, 1.54) is 0 Å². The van der Waals surface area contributed by atoms with Crippen molar-refractivity contribution in [2.75, 3.05) is 18.0 Å². The summed E-state index contributed by atoms with van der Waals surface area (Å²) in [5.74, 6) is 1.19. The average molecular weight is 269 g/mol. The van der Waals surface area contributed by atoms with E-state index < -0.39 is 12.3 Å². The summed E-state index contributed by atoms with van der Waals surface area (Å²) in [6.07, 6.45) is 0.624. The van der Waals surface area contributed by atoms with Crippen LogP contribution in [0, 0.1) is 5.92 Å². The van der Waals surface area contributed by atoms with Gasteiger partial charge in [-0.3, -0.25) is 0 Å². The van der Waals surface area contributed by atoms with E-state index in [0.29, 0.717) is 25.9 Å². The van der Waals surface area contributed by atoms with Crippen LogP contribution < -0.4 is 4.90 Å².